The molecule has 28 heavy (non-hydrogen) atoms. The van der Waals surface area contributed by atoms with E-state index in [0.29, 0.717) is 30.0 Å². The normalized spacial score (nSPS) is 42.9. The molecule has 3 saturated carbocycles. The minimum Gasteiger partial charge on any atom is -0.297 e. The number of fused-ring (bicyclic) bond motifs is 5. The Labute approximate surface area is 169 Å². The molecule has 3 fully saturated rings. The van der Waals surface area contributed by atoms with E-state index in [1.165, 1.54) is 12.0 Å². The fraction of sp³-hybridized carbons (Fsp3) is 0.833. The minimum absolute atomic E-state index is 0.0154. The molecule has 0 aromatic rings. The van der Waals surface area contributed by atoms with E-state index in [0.717, 1.165) is 38.5 Å². The van der Waals surface area contributed by atoms with Crippen molar-refractivity contribution in [2.45, 2.75) is 91.6 Å². The molecule has 0 N–H and O–H groups in total. The lowest BCUT2D eigenvalue weighted by molar-refractivity contribution is -0.325. The summed E-state index contributed by atoms with van der Waals surface area (Å²) in [5, 5.41) is 0. The Bertz CT molecular complexity index is 702. The molecule has 6 atom stereocenters. The number of hydrogen-bond acceptors (Lipinski definition) is 4. The molecular formula is C24H36O4. The van der Waals surface area contributed by atoms with Crippen LogP contribution in [0.25, 0.3) is 0 Å². The van der Waals surface area contributed by atoms with Gasteiger partial charge in [-0.05, 0) is 100 Å². The van der Waals surface area contributed by atoms with Gasteiger partial charge in [-0.1, -0.05) is 19.4 Å². The molecule has 4 aliphatic rings. The van der Waals surface area contributed by atoms with Crippen LogP contribution in [0.15, 0.2) is 11.6 Å². The van der Waals surface area contributed by atoms with Crippen molar-refractivity contribution in [3.63, 3.8) is 0 Å². The van der Waals surface area contributed by atoms with Crippen LogP contribution in [0.1, 0.15) is 86.0 Å². The van der Waals surface area contributed by atoms with Crippen LogP contribution in [0, 0.1) is 34.5 Å². The summed E-state index contributed by atoms with van der Waals surface area (Å²) in [6, 6.07) is 0. The second-order valence-corrected chi connectivity index (χ2v) is 11.2. The zero-order valence-electron chi connectivity index (χ0n) is 18.2. The average Bonchev–Trinajstić information content (AvgIpc) is 2.97. The first-order valence-electron chi connectivity index (χ1n) is 11.2. The summed E-state index contributed by atoms with van der Waals surface area (Å²) in [5.74, 6) is 1.97. The SMILES string of the molecule is CC(C)(C)OOC(=O)[C@H]1CCC2[C@@H]3CCC4=CC(=O)CC[C@]4(C)C3CC[C@@]21C. The summed E-state index contributed by atoms with van der Waals surface area (Å²) >= 11 is 0. The Morgan fingerprint density at radius 1 is 1.04 bits per heavy atom. The lowest BCUT2D eigenvalue weighted by Crippen LogP contribution is -2.51. The monoisotopic (exact) mass is 388 g/mol. The van der Waals surface area contributed by atoms with Gasteiger partial charge in [0.1, 0.15) is 5.60 Å². The summed E-state index contributed by atoms with van der Waals surface area (Å²) in [5.41, 5.74) is 1.13. The molecule has 0 aliphatic heterocycles. The number of carbonyl (C=O) groups is 2. The highest BCUT2D eigenvalue weighted by Gasteiger charge is 2.60. The predicted octanol–water partition coefficient (Wildman–Crippen LogP) is 5.41. The van der Waals surface area contributed by atoms with Crippen molar-refractivity contribution in [2.24, 2.45) is 34.5 Å². The molecule has 4 aliphatic carbocycles. The number of allylic oxidation sites excluding steroid dienone is 1. The minimum atomic E-state index is -0.481. The molecule has 0 heterocycles. The summed E-state index contributed by atoms with van der Waals surface area (Å²) in [6.07, 6.45) is 10.1. The van der Waals surface area contributed by atoms with Gasteiger partial charge in [0.2, 0.25) is 0 Å². The van der Waals surface area contributed by atoms with E-state index in [9.17, 15) is 9.59 Å². The van der Waals surface area contributed by atoms with Gasteiger partial charge in [-0.25, -0.2) is 4.79 Å². The van der Waals surface area contributed by atoms with Crippen LogP contribution in [-0.4, -0.2) is 17.4 Å². The fourth-order valence-electron chi connectivity index (χ4n) is 7.17. The highest BCUT2D eigenvalue weighted by molar-refractivity contribution is 5.91. The predicted molar refractivity (Wildman–Crippen MR) is 107 cm³/mol. The van der Waals surface area contributed by atoms with E-state index < -0.39 is 5.60 Å². The van der Waals surface area contributed by atoms with Gasteiger partial charge in [-0.3, -0.25) is 9.68 Å². The molecule has 156 valence electrons. The van der Waals surface area contributed by atoms with Gasteiger partial charge in [-0.2, -0.15) is 4.89 Å². The van der Waals surface area contributed by atoms with Crippen molar-refractivity contribution in [1.82, 2.24) is 0 Å². The van der Waals surface area contributed by atoms with E-state index >= 15 is 0 Å². The maximum atomic E-state index is 12.8. The summed E-state index contributed by atoms with van der Waals surface area (Å²) < 4.78 is 0. The highest BCUT2D eigenvalue weighted by Crippen LogP contribution is 2.66. The second kappa shape index (κ2) is 6.68. The molecular weight excluding hydrogens is 352 g/mol. The largest absolute Gasteiger partial charge is 0.345 e. The highest BCUT2D eigenvalue weighted by atomic mass is 17.2. The third-order valence-corrected chi connectivity index (χ3v) is 8.62. The van der Waals surface area contributed by atoms with Gasteiger partial charge in [0.05, 0.1) is 5.92 Å². The van der Waals surface area contributed by atoms with Gasteiger partial charge in [-0.15, -0.1) is 0 Å². The zero-order chi connectivity index (χ0) is 20.3. The molecule has 0 bridgehead atoms. The van der Waals surface area contributed by atoms with Crippen molar-refractivity contribution in [2.75, 3.05) is 0 Å². The third-order valence-electron chi connectivity index (χ3n) is 8.62. The number of ketones is 1. The van der Waals surface area contributed by atoms with Gasteiger partial charge in [0, 0.05) is 6.42 Å². The Hall–Kier alpha value is -1.16. The van der Waals surface area contributed by atoms with E-state index in [2.05, 4.69) is 13.8 Å². The van der Waals surface area contributed by atoms with E-state index in [1.54, 1.807) is 0 Å². The van der Waals surface area contributed by atoms with Crippen LogP contribution >= 0.6 is 0 Å². The Morgan fingerprint density at radius 2 is 1.79 bits per heavy atom. The Balaban J connectivity index is 1.53. The standard InChI is InChI=1S/C24H36O4/c1-22(2,3)28-27-21(26)20-9-8-18-17-7-6-15-14-16(25)10-12-23(15,4)19(17)11-13-24(18,20)5/h14,17-20H,6-13H2,1-5H3/t17-,18?,19?,20+,23-,24-/m0/s1. The maximum absolute atomic E-state index is 12.8. The lowest BCUT2D eigenvalue weighted by Gasteiger charge is -2.57. The first kappa shape index (κ1) is 20.1. The van der Waals surface area contributed by atoms with Crippen LogP contribution < -0.4 is 0 Å². The number of rotatable bonds is 2. The Kier molecular flexibility index (Phi) is 4.80. The molecule has 4 heteroatoms. The zero-order valence-corrected chi connectivity index (χ0v) is 18.2. The van der Waals surface area contributed by atoms with E-state index in [1.807, 2.05) is 26.8 Å². The Morgan fingerprint density at radius 3 is 2.50 bits per heavy atom. The fourth-order valence-corrected chi connectivity index (χ4v) is 7.17. The van der Waals surface area contributed by atoms with Crippen LogP contribution in [-0.2, 0) is 19.4 Å². The van der Waals surface area contributed by atoms with Crippen molar-refractivity contribution < 1.29 is 19.4 Å². The van der Waals surface area contributed by atoms with E-state index in [-0.39, 0.29) is 22.7 Å². The van der Waals surface area contributed by atoms with Crippen molar-refractivity contribution in [3.05, 3.63) is 11.6 Å². The van der Waals surface area contributed by atoms with Crippen molar-refractivity contribution in [1.29, 1.82) is 0 Å². The first-order chi connectivity index (χ1) is 13.0. The van der Waals surface area contributed by atoms with Crippen molar-refractivity contribution >= 4 is 11.8 Å². The summed E-state index contributed by atoms with van der Waals surface area (Å²) in [4.78, 5) is 35.4. The quantitative estimate of drug-likeness (QED) is 0.469. The lowest BCUT2D eigenvalue weighted by atomic mass is 9.47. The van der Waals surface area contributed by atoms with Crippen LogP contribution in [0.3, 0.4) is 0 Å². The molecule has 2 unspecified atom stereocenters. The maximum Gasteiger partial charge on any atom is 0.345 e. The van der Waals surface area contributed by atoms with E-state index in [4.69, 9.17) is 9.78 Å². The van der Waals surface area contributed by atoms with Crippen LogP contribution in [0.5, 0.6) is 0 Å². The smallest absolute Gasteiger partial charge is 0.297 e. The second-order valence-electron chi connectivity index (χ2n) is 11.2. The number of hydrogen-bond donors (Lipinski definition) is 0. The molecule has 0 aromatic heterocycles. The molecule has 0 radical (unpaired) electrons. The van der Waals surface area contributed by atoms with Gasteiger partial charge in [0.15, 0.2) is 5.78 Å². The molecule has 4 rings (SSSR count). The first-order valence-corrected chi connectivity index (χ1v) is 11.2. The molecule has 0 amide bonds. The molecule has 4 nitrogen and oxygen atoms in total. The summed E-state index contributed by atoms with van der Waals surface area (Å²) in [7, 11) is 0. The molecule has 0 spiro atoms. The van der Waals surface area contributed by atoms with Gasteiger partial charge < -0.3 is 0 Å². The van der Waals surface area contributed by atoms with Crippen molar-refractivity contribution in [3.8, 4) is 0 Å². The summed E-state index contributed by atoms with van der Waals surface area (Å²) in [6.45, 7) is 10.4. The average molecular weight is 389 g/mol. The van der Waals surface area contributed by atoms with Gasteiger partial charge >= 0.3 is 5.97 Å². The van der Waals surface area contributed by atoms with Crippen LogP contribution in [0.2, 0.25) is 0 Å². The van der Waals surface area contributed by atoms with Gasteiger partial charge in [0.25, 0.3) is 0 Å². The topological polar surface area (TPSA) is 52.6 Å². The molecule has 0 aromatic carbocycles. The number of carbonyl (C=O) groups excluding carboxylic acids is 2. The van der Waals surface area contributed by atoms with Crippen LogP contribution in [0.4, 0.5) is 0 Å². The molecule has 0 saturated heterocycles. The third kappa shape index (κ3) is 3.16.